The van der Waals surface area contributed by atoms with Crippen molar-refractivity contribution in [3.05, 3.63) is 21.3 Å². The van der Waals surface area contributed by atoms with Crippen LogP contribution in [0.1, 0.15) is 11.8 Å². The summed E-state index contributed by atoms with van der Waals surface area (Å²) in [6, 6.07) is 4.03. The summed E-state index contributed by atoms with van der Waals surface area (Å²) in [6.45, 7) is 8.12. The largest absolute Gasteiger partial charge is 0.376 e. The van der Waals surface area contributed by atoms with Gasteiger partial charge in [-0.3, -0.25) is 4.90 Å². The molecule has 1 aromatic heterocycles. The van der Waals surface area contributed by atoms with E-state index in [1.54, 1.807) is 11.3 Å². The third-order valence-electron chi connectivity index (χ3n) is 2.86. The number of nitrogens with one attached hydrogen (secondary N) is 1. The van der Waals surface area contributed by atoms with E-state index >= 15 is 0 Å². The fourth-order valence-corrected chi connectivity index (χ4v) is 3.05. The second-order valence-corrected chi connectivity index (χ2v) is 6.16. The molecule has 1 aliphatic heterocycles. The van der Waals surface area contributed by atoms with Crippen molar-refractivity contribution in [2.75, 3.05) is 32.8 Å². The quantitative estimate of drug-likeness (QED) is 0.834. The van der Waals surface area contributed by atoms with Gasteiger partial charge in [-0.1, -0.05) is 11.6 Å². The van der Waals surface area contributed by atoms with Crippen LogP contribution in [0.4, 0.5) is 0 Å². The van der Waals surface area contributed by atoms with Crippen LogP contribution in [0.2, 0.25) is 4.34 Å². The second-order valence-electron chi connectivity index (χ2n) is 4.36. The summed E-state index contributed by atoms with van der Waals surface area (Å²) in [5.74, 6) is 0. The number of thiophene rings is 1. The van der Waals surface area contributed by atoms with Crippen molar-refractivity contribution in [3.8, 4) is 0 Å². The minimum absolute atomic E-state index is 0.375. The van der Waals surface area contributed by atoms with E-state index in [1.165, 1.54) is 4.88 Å². The summed E-state index contributed by atoms with van der Waals surface area (Å²) in [5.41, 5.74) is 0. The molecule has 0 aromatic carbocycles. The van der Waals surface area contributed by atoms with E-state index in [-0.39, 0.29) is 0 Å². The molecule has 96 valence electrons. The molecular weight excluding hydrogens is 256 g/mol. The van der Waals surface area contributed by atoms with Crippen LogP contribution in [0.25, 0.3) is 0 Å². The number of morpholine rings is 1. The maximum Gasteiger partial charge on any atom is 0.0931 e. The summed E-state index contributed by atoms with van der Waals surface area (Å²) in [4.78, 5) is 3.74. The molecule has 1 aromatic rings. The maximum atomic E-state index is 5.88. The summed E-state index contributed by atoms with van der Waals surface area (Å²) >= 11 is 7.52. The summed E-state index contributed by atoms with van der Waals surface area (Å²) in [7, 11) is 0. The third kappa shape index (κ3) is 4.56. The highest BCUT2D eigenvalue weighted by Gasteiger charge is 2.15. The molecule has 2 rings (SSSR count). The third-order valence-corrected chi connectivity index (χ3v) is 4.09. The van der Waals surface area contributed by atoms with E-state index in [0.717, 1.165) is 43.7 Å². The van der Waals surface area contributed by atoms with Crippen molar-refractivity contribution in [1.29, 1.82) is 0 Å². The molecule has 0 saturated carbocycles. The number of halogens is 1. The average Bonchev–Trinajstić information content (AvgIpc) is 2.71. The van der Waals surface area contributed by atoms with Gasteiger partial charge in [-0.05, 0) is 19.1 Å². The molecule has 0 aliphatic carbocycles. The Balaban J connectivity index is 1.59. The molecule has 2 heterocycles. The number of hydrogen-bond acceptors (Lipinski definition) is 4. The molecule has 0 bridgehead atoms. The molecule has 1 aliphatic rings. The standard InChI is InChI=1S/C12H19ClN2OS/c1-10-9-15(6-7-16-10)5-4-14-8-11-2-3-12(13)17-11/h2-3,10,14H,4-9H2,1H3. The molecule has 3 nitrogen and oxygen atoms in total. The van der Waals surface area contributed by atoms with Gasteiger partial charge in [0.2, 0.25) is 0 Å². The highest BCUT2D eigenvalue weighted by Crippen LogP contribution is 2.20. The van der Waals surface area contributed by atoms with Crippen LogP contribution in [0.5, 0.6) is 0 Å². The predicted octanol–water partition coefficient (Wildman–Crippen LogP) is 2.21. The van der Waals surface area contributed by atoms with E-state index in [1.807, 2.05) is 6.07 Å². The lowest BCUT2D eigenvalue weighted by Gasteiger charge is -2.31. The van der Waals surface area contributed by atoms with E-state index < -0.39 is 0 Å². The first-order chi connectivity index (χ1) is 8.24. The molecule has 0 radical (unpaired) electrons. The summed E-state index contributed by atoms with van der Waals surface area (Å²) in [5, 5.41) is 3.45. The molecule has 1 unspecified atom stereocenters. The van der Waals surface area contributed by atoms with Crippen LogP contribution < -0.4 is 5.32 Å². The van der Waals surface area contributed by atoms with E-state index in [9.17, 15) is 0 Å². The Morgan fingerprint density at radius 2 is 2.47 bits per heavy atom. The van der Waals surface area contributed by atoms with Crippen molar-refractivity contribution in [3.63, 3.8) is 0 Å². The minimum atomic E-state index is 0.375. The molecular formula is C12H19ClN2OS. The molecule has 5 heteroatoms. The zero-order valence-corrected chi connectivity index (χ0v) is 11.7. The molecule has 1 fully saturated rings. The van der Waals surface area contributed by atoms with E-state index in [4.69, 9.17) is 16.3 Å². The monoisotopic (exact) mass is 274 g/mol. The molecule has 1 atom stereocenters. The molecule has 1 N–H and O–H groups in total. The summed E-state index contributed by atoms with van der Waals surface area (Å²) < 4.78 is 6.38. The highest BCUT2D eigenvalue weighted by molar-refractivity contribution is 7.16. The van der Waals surface area contributed by atoms with Gasteiger partial charge in [0.05, 0.1) is 17.0 Å². The second kappa shape index (κ2) is 6.71. The zero-order valence-electron chi connectivity index (χ0n) is 10.1. The molecule has 0 spiro atoms. The van der Waals surface area contributed by atoms with Crippen molar-refractivity contribution < 1.29 is 4.74 Å². The average molecular weight is 275 g/mol. The first kappa shape index (κ1) is 13.3. The van der Waals surface area contributed by atoms with Crippen LogP contribution >= 0.6 is 22.9 Å². The smallest absolute Gasteiger partial charge is 0.0931 e. The topological polar surface area (TPSA) is 24.5 Å². The molecule has 0 amide bonds. The normalized spacial score (nSPS) is 21.9. The Morgan fingerprint density at radius 3 is 3.18 bits per heavy atom. The number of ether oxygens (including phenoxy) is 1. The lowest BCUT2D eigenvalue weighted by Crippen LogP contribution is -2.43. The first-order valence-corrected chi connectivity index (χ1v) is 7.22. The fraction of sp³-hybridized carbons (Fsp3) is 0.667. The van der Waals surface area contributed by atoms with Crippen molar-refractivity contribution >= 4 is 22.9 Å². The van der Waals surface area contributed by atoms with E-state index in [2.05, 4.69) is 23.2 Å². The van der Waals surface area contributed by atoms with Crippen LogP contribution in [0, 0.1) is 0 Å². The Bertz CT molecular complexity index is 345. The SMILES string of the molecule is CC1CN(CCNCc2ccc(Cl)s2)CCO1. The first-order valence-electron chi connectivity index (χ1n) is 6.03. The Labute approximate surface area is 112 Å². The van der Waals surface area contributed by atoms with Gasteiger partial charge in [0.25, 0.3) is 0 Å². The van der Waals surface area contributed by atoms with E-state index in [0.29, 0.717) is 6.10 Å². The van der Waals surface area contributed by atoms with Gasteiger partial charge in [-0.25, -0.2) is 0 Å². The van der Waals surface area contributed by atoms with Gasteiger partial charge < -0.3 is 10.1 Å². The number of rotatable bonds is 5. The molecule has 17 heavy (non-hydrogen) atoms. The van der Waals surface area contributed by atoms with Crippen molar-refractivity contribution in [2.45, 2.75) is 19.6 Å². The highest BCUT2D eigenvalue weighted by atomic mass is 35.5. The Kier molecular flexibility index (Phi) is 5.25. The van der Waals surface area contributed by atoms with Crippen LogP contribution in [0.15, 0.2) is 12.1 Å². The van der Waals surface area contributed by atoms with Gasteiger partial charge in [-0.15, -0.1) is 11.3 Å². The predicted molar refractivity (Wildman–Crippen MR) is 72.9 cm³/mol. The van der Waals surface area contributed by atoms with Crippen LogP contribution in [0.3, 0.4) is 0 Å². The number of nitrogens with zero attached hydrogens (tertiary/aromatic N) is 1. The van der Waals surface area contributed by atoms with Gasteiger partial charge in [0.1, 0.15) is 0 Å². The van der Waals surface area contributed by atoms with Crippen LogP contribution in [-0.2, 0) is 11.3 Å². The lowest BCUT2D eigenvalue weighted by atomic mass is 10.3. The molecule has 1 saturated heterocycles. The minimum Gasteiger partial charge on any atom is -0.376 e. The van der Waals surface area contributed by atoms with Crippen LogP contribution in [-0.4, -0.2) is 43.8 Å². The van der Waals surface area contributed by atoms with Gasteiger partial charge in [0, 0.05) is 37.6 Å². The lowest BCUT2D eigenvalue weighted by molar-refractivity contribution is -0.0176. The summed E-state index contributed by atoms with van der Waals surface area (Å²) in [6.07, 6.45) is 0.375. The van der Waals surface area contributed by atoms with Crippen molar-refractivity contribution in [1.82, 2.24) is 10.2 Å². The fourth-order valence-electron chi connectivity index (χ4n) is 1.99. The van der Waals surface area contributed by atoms with Gasteiger partial charge in [0.15, 0.2) is 0 Å². The Hall–Kier alpha value is -0.130. The van der Waals surface area contributed by atoms with Crippen molar-refractivity contribution in [2.24, 2.45) is 0 Å². The van der Waals surface area contributed by atoms with Gasteiger partial charge >= 0.3 is 0 Å². The number of hydrogen-bond donors (Lipinski definition) is 1. The van der Waals surface area contributed by atoms with Gasteiger partial charge in [-0.2, -0.15) is 0 Å². The maximum absolute atomic E-state index is 5.88. The zero-order chi connectivity index (χ0) is 12.1. The Morgan fingerprint density at radius 1 is 1.59 bits per heavy atom.